The van der Waals surface area contributed by atoms with Crippen molar-refractivity contribution in [3.63, 3.8) is 0 Å². The summed E-state index contributed by atoms with van der Waals surface area (Å²) < 4.78 is 6.63. The van der Waals surface area contributed by atoms with Gasteiger partial charge in [0.15, 0.2) is 0 Å². The van der Waals surface area contributed by atoms with Crippen LogP contribution in [0.1, 0.15) is 21.7 Å². The number of aryl methyl sites for hydroxylation is 1. The Morgan fingerprint density at radius 3 is 2.95 bits per heavy atom. The van der Waals surface area contributed by atoms with Crippen LogP contribution in [0.4, 0.5) is 0 Å². The number of aromatic carboxylic acids is 1. The SMILES string of the molecule is Cn1cc(CNC(=O)Cc2occc2C(=O)O)cn1. The molecule has 2 N–H and O–H groups in total. The lowest BCUT2D eigenvalue weighted by molar-refractivity contribution is -0.120. The van der Waals surface area contributed by atoms with Crippen LogP contribution < -0.4 is 5.32 Å². The van der Waals surface area contributed by atoms with Crippen molar-refractivity contribution in [1.29, 1.82) is 0 Å². The molecule has 0 radical (unpaired) electrons. The molecule has 0 aliphatic rings. The van der Waals surface area contributed by atoms with E-state index in [1.54, 1.807) is 24.1 Å². The molecule has 2 aromatic heterocycles. The predicted octanol–water partition coefficient (Wildman–Crippen LogP) is 0.570. The maximum Gasteiger partial charge on any atom is 0.339 e. The van der Waals surface area contributed by atoms with Crippen molar-refractivity contribution in [2.45, 2.75) is 13.0 Å². The quantitative estimate of drug-likeness (QED) is 0.822. The van der Waals surface area contributed by atoms with Gasteiger partial charge in [-0.3, -0.25) is 9.48 Å². The van der Waals surface area contributed by atoms with Gasteiger partial charge in [0.1, 0.15) is 11.3 Å². The molecule has 100 valence electrons. The molecule has 0 aliphatic carbocycles. The van der Waals surface area contributed by atoms with E-state index in [4.69, 9.17) is 9.52 Å². The second-order valence-electron chi connectivity index (χ2n) is 4.04. The van der Waals surface area contributed by atoms with Crippen molar-refractivity contribution in [2.24, 2.45) is 7.05 Å². The number of nitrogens with zero attached hydrogens (tertiary/aromatic N) is 2. The van der Waals surface area contributed by atoms with Crippen molar-refractivity contribution in [2.75, 3.05) is 0 Å². The molecule has 2 heterocycles. The van der Waals surface area contributed by atoms with Crippen molar-refractivity contribution >= 4 is 11.9 Å². The number of carboxylic acid groups (broad SMARTS) is 1. The highest BCUT2D eigenvalue weighted by Crippen LogP contribution is 2.11. The Morgan fingerprint density at radius 2 is 2.32 bits per heavy atom. The van der Waals surface area contributed by atoms with Gasteiger partial charge in [0.05, 0.1) is 18.9 Å². The van der Waals surface area contributed by atoms with E-state index in [9.17, 15) is 9.59 Å². The van der Waals surface area contributed by atoms with Crippen molar-refractivity contribution in [3.05, 3.63) is 41.6 Å². The molecule has 7 nitrogen and oxygen atoms in total. The Labute approximate surface area is 108 Å². The molecule has 0 saturated heterocycles. The largest absolute Gasteiger partial charge is 0.478 e. The lowest BCUT2D eigenvalue weighted by Crippen LogP contribution is -2.24. The summed E-state index contributed by atoms with van der Waals surface area (Å²) in [6, 6.07) is 1.33. The van der Waals surface area contributed by atoms with Gasteiger partial charge in [-0.15, -0.1) is 0 Å². The Morgan fingerprint density at radius 1 is 1.53 bits per heavy atom. The van der Waals surface area contributed by atoms with E-state index >= 15 is 0 Å². The molecule has 0 bridgehead atoms. The Bertz CT molecular complexity index is 600. The first-order valence-electron chi connectivity index (χ1n) is 5.60. The van der Waals surface area contributed by atoms with Crippen LogP contribution >= 0.6 is 0 Å². The number of carbonyl (C=O) groups is 2. The highest BCUT2D eigenvalue weighted by Gasteiger charge is 2.16. The number of amides is 1. The molecule has 19 heavy (non-hydrogen) atoms. The standard InChI is InChI=1S/C12H13N3O4/c1-15-7-8(6-14-15)5-13-11(16)4-10-9(12(17)18)2-3-19-10/h2-3,6-7H,4-5H2,1H3,(H,13,16)(H,17,18). The highest BCUT2D eigenvalue weighted by molar-refractivity contribution is 5.90. The van der Waals surface area contributed by atoms with E-state index in [0.717, 1.165) is 5.56 Å². The lowest BCUT2D eigenvalue weighted by Gasteiger charge is -2.02. The second kappa shape index (κ2) is 5.38. The lowest BCUT2D eigenvalue weighted by atomic mass is 10.2. The summed E-state index contributed by atoms with van der Waals surface area (Å²) in [7, 11) is 1.79. The van der Waals surface area contributed by atoms with Gasteiger partial charge in [0.2, 0.25) is 5.91 Å². The number of carboxylic acids is 1. The molecule has 0 aliphatic heterocycles. The first-order chi connectivity index (χ1) is 9.06. The molecule has 0 atom stereocenters. The van der Waals surface area contributed by atoms with Gasteiger partial charge in [0, 0.05) is 25.4 Å². The van der Waals surface area contributed by atoms with Crippen molar-refractivity contribution in [1.82, 2.24) is 15.1 Å². The molecule has 7 heteroatoms. The molecular formula is C12H13N3O4. The van der Waals surface area contributed by atoms with Crippen LogP contribution in [0.2, 0.25) is 0 Å². The maximum absolute atomic E-state index is 11.7. The van der Waals surface area contributed by atoms with E-state index in [-0.39, 0.29) is 23.7 Å². The van der Waals surface area contributed by atoms with Crippen LogP contribution in [-0.4, -0.2) is 26.8 Å². The van der Waals surface area contributed by atoms with Crippen molar-refractivity contribution < 1.29 is 19.1 Å². The van der Waals surface area contributed by atoms with Gasteiger partial charge in [-0.2, -0.15) is 5.10 Å². The monoisotopic (exact) mass is 263 g/mol. The Kier molecular flexibility index (Phi) is 3.65. The first kappa shape index (κ1) is 12.9. The second-order valence-corrected chi connectivity index (χ2v) is 4.04. The number of hydrogen-bond acceptors (Lipinski definition) is 4. The zero-order valence-electron chi connectivity index (χ0n) is 10.3. The van der Waals surface area contributed by atoms with Gasteiger partial charge in [-0.05, 0) is 6.07 Å². The van der Waals surface area contributed by atoms with Gasteiger partial charge in [-0.25, -0.2) is 4.79 Å². The molecule has 0 spiro atoms. The molecule has 0 aromatic carbocycles. The molecule has 0 fully saturated rings. The van der Waals surface area contributed by atoms with E-state index in [1.807, 2.05) is 0 Å². The first-order valence-corrected chi connectivity index (χ1v) is 5.60. The summed E-state index contributed by atoms with van der Waals surface area (Å²) >= 11 is 0. The van der Waals surface area contributed by atoms with Gasteiger partial charge >= 0.3 is 5.97 Å². The van der Waals surface area contributed by atoms with E-state index in [1.165, 1.54) is 12.3 Å². The number of carbonyl (C=O) groups excluding carboxylic acids is 1. The van der Waals surface area contributed by atoms with Crippen LogP contribution in [0.5, 0.6) is 0 Å². The summed E-state index contributed by atoms with van der Waals surface area (Å²) in [6.07, 6.45) is 4.59. The highest BCUT2D eigenvalue weighted by atomic mass is 16.4. The zero-order valence-corrected chi connectivity index (χ0v) is 10.3. The van der Waals surface area contributed by atoms with Crippen LogP contribution in [0.25, 0.3) is 0 Å². The summed E-state index contributed by atoms with van der Waals surface area (Å²) in [6.45, 7) is 0.343. The average molecular weight is 263 g/mol. The molecular weight excluding hydrogens is 250 g/mol. The Balaban J connectivity index is 1.90. The summed E-state index contributed by atoms with van der Waals surface area (Å²) in [5.74, 6) is -1.26. The third-order valence-corrected chi connectivity index (χ3v) is 2.54. The fourth-order valence-corrected chi connectivity index (χ4v) is 1.64. The summed E-state index contributed by atoms with van der Waals surface area (Å²) in [4.78, 5) is 22.5. The zero-order chi connectivity index (χ0) is 13.8. The van der Waals surface area contributed by atoms with Gasteiger partial charge in [-0.1, -0.05) is 0 Å². The maximum atomic E-state index is 11.7. The number of aromatic nitrogens is 2. The fourth-order valence-electron chi connectivity index (χ4n) is 1.64. The minimum Gasteiger partial charge on any atom is -0.478 e. The van der Waals surface area contributed by atoms with Crippen molar-refractivity contribution in [3.8, 4) is 0 Å². The van der Waals surface area contributed by atoms with Crippen LogP contribution in [0, 0.1) is 0 Å². The molecule has 0 unspecified atom stereocenters. The third-order valence-electron chi connectivity index (χ3n) is 2.54. The Hall–Kier alpha value is -2.57. The van der Waals surface area contributed by atoms with Gasteiger partial charge in [0.25, 0.3) is 0 Å². The molecule has 1 amide bonds. The normalized spacial score (nSPS) is 10.4. The minimum atomic E-state index is -1.11. The predicted molar refractivity (Wildman–Crippen MR) is 64.4 cm³/mol. The fraction of sp³-hybridized carbons (Fsp3) is 0.250. The number of rotatable bonds is 5. The topological polar surface area (TPSA) is 97.4 Å². The molecule has 0 saturated carbocycles. The van der Waals surface area contributed by atoms with E-state index in [0.29, 0.717) is 6.54 Å². The van der Waals surface area contributed by atoms with Crippen LogP contribution in [-0.2, 0) is 24.8 Å². The van der Waals surface area contributed by atoms with Crippen LogP contribution in [0.3, 0.4) is 0 Å². The van der Waals surface area contributed by atoms with Gasteiger partial charge < -0.3 is 14.8 Å². The smallest absolute Gasteiger partial charge is 0.339 e. The number of hydrogen-bond donors (Lipinski definition) is 2. The number of furan rings is 1. The summed E-state index contributed by atoms with van der Waals surface area (Å²) in [5.41, 5.74) is 0.880. The molecule has 2 rings (SSSR count). The minimum absolute atomic E-state index is 0.0107. The average Bonchev–Trinajstić information content (AvgIpc) is 2.95. The number of nitrogens with one attached hydrogen (secondary N) is 1. The molecule has 2 aromatic rings. The van der Waals surface area contributed by atoms with E-state index < -0.39 is 5.97 Å². The summed E-state index contributed by atoms with van der Waals surface area (Å²) in [5, 5.41) is 15.5. The van der Waals surface area contributed by atoms with Crippen LogP contribution in [0.15, 0.2) is 29.1 Å². The van der Waals surface area contributed by atoms with E-state index in [2.05, 4.69) is 10.4 Å². The third kappa shape index (κ3) is 3.21.